The maximum Gasteiger partial charge on any atom is 0.338 e. The second-order valence-electron chi connectivity index (χ2n) is 5.31. The summed E-state index contributed by atoms with van der Waals surface area (Å²) in [6.07, 6.45) is 1.75. The van der Waals surface area contributed by atoms with Gasteiger partial charge in [-0.2, -0.15) is 0 Å². The van der Waals surface area contributed by atoms with Crippen LogP contribution in [0.15, 0.2) is 42.6 Å². The molecule has 1 aromatic carbocycles. The molecule has 26 heavy (non-hydrogen) atoms. The summed E-state index contributed by atoms with van der Waals surface area (Å²) in [4.78, 5) is 36.1. The van der Waals surface area contributed by atoms with Gasteiger partial charge in [0.25, 0.3) is 11.4 Å². The van der Waals surface area contributed by atoms with Crippen molar-refractivity contribution in [3.05, 3.63) is 68.4 Å². The van der Waals surface area contributed by atoms with Gasteiger partial charge >= 0.3 is 5.97 Å². The van der Waals surface area contributed by atoms with Gasteiger partial charge in [-0.15, -0.1) is 0 Å². The number of hydrogen-bond acceptors (Lipinski definition) is 8. The molecule has 136 valence electrons. The molecule has 1 heterocycles. The first-order valence-corrected chi connectivity index (χ1v) is 7.69. The molecule has 1 atom stereocenters. The van der Waals surface area contributed by atoms with Crippen LogP contribution in [-0.2, 0) is 4.74 Å². The molecule has 2 rings (SSSR count). The van der Waals surface area contributed by atoms with Gasteiger partial charge < -0.3 is 10.1 Å². The molecule has 1 N–H and O–H groups in total. The molecule has 10 heteroatoms. The third-order valence-corrected chi connectivity index (χ3v) is 3.53. The Morgan fingerprint density at radius 2 is 1.73 bits per heavy atom. The highest BCUT2D eigenvalue weighted by Crippen LogP contribution is 2.15. The number of rotatable bonds is 8. The molecule has 1 aromatic heterocycles. The summed E-state index contributed by atoms with van der Waals surface area (Å²) in [5, 5.41) is 24.2. The number of nitro benzene ring substituents is 1. The summed E-state index contributed by atoms with van der Waals surface area (Å²) in [5.41, 5.74) is -0.0222. The van der Waals surface area contributed by atoms with Crippen LogP contribution in [0.1, 0.15) is 23.7 Å². The van der Waals surface area contributed by atoms with Gasteiger partial charge in [0.2, 0.25) is 0 Å². The van der Waals surface area contributed by atoms with E-state index in [2.05, 4.69) is 10.3 Å². The molecule has 0 aliphatic rings. The molecule has 0 fully saturated rings. The van der Waals surface area contributed by atoms with Crippen molar-refractivity contribution in [3.63, 3.8) is 0 Å². The number of nitro groups is 2. The number of carbonyl (C=O) groups excluding carboxylic acids is 1. The Balaban J connectivity index is 1.92. The van der Waals surface area contributed by atoms with Gasteiger partial charge in [0.15, 0.2) is 0 Å². The molecule has 0 amide bonds. The molecule has 0 radical (unpaired) electrons. The van der Waals surface area contributed by atoms with Crippen molar-refractivity contribution in [2.75, 3.05) is 11.9 Å². The minimum atomic E-state index is -0.600. The molecule has 2 aromatic rings. The van der Waals surface area contributed by atoms with Crippen LogP contribution in [-0.4, -0.2) is 33.4 Å². The number of non-ortho nitro benzene ring substituents is 1. The Morgan fingerprint density at radius 3 is 2.23 bits per heavy atom. The number of nitrogens with zero attached hydrogens (tertiary/aromatic N) is 3. The van der Waals surface area contributed by atoms with E-state index >= 15 is 0 Å². The minimum absolute atomic E-state index is 0.0466. The number of pyridine rings is 1. The maximum absolute atomic E-state index is 12.0. The lowest BCUT2D eigenvalue weighted by molar-refractivity contribution is -0.385. The van der Waals surface area contributed by atoms with E-state index in [1.54, 1.807) is 0 Å². The van der Waals surface area contributed by atoms with Crippen molar-refractivity contribution in [2.45, 2.75) is 19.4 Å². The van der Waals surface area contributed by atoms with Crippen LogP contribution in [0.3, 0.4) is 0 Å². The van der Waals surface area contributed by atoms with Crippen LogP contribution < -0.4 is 5.32 Å². The fourth-order valence-corrected chi connectivity index (χ4v) is 2.03. The highest BCUT2D eigenvalue weighted by molar-refractivity contribution is 5.89. The average molecular weight is 360 g/mol. The van der Waals surface area contributed by atoms with E-state index in [9.17, 15) is 25.0 Å². The van der Waals surface area contributed by atoms with Crippen LogP contribution >= 0.6 is 0 Å². The quantitative estimate of drug-likeness (QED) is 0.431. The SMILES string of the molecule is CCC(COC(=O)c1ccc([N+](=O)[O-])cc1)Nc1ccc([N+](=O)[O-])cn1. The zero-order chi connectivity index (χ0) is 19.1. The zero-order valence-electron chi connectivity index (χ0n) is 13.8. The average Bonchev–Trinajstić information content (AvgIpc) is 2.65. The summed E-state index contributed by atoms with van der Waals surface area (Å²) in [6.45, 7) is 1.92. The zero-order valence-corrected chi connectivity index (χ0v) is 13.8. The van der Waals surface area contributed by atoms with Crippen molar-refractivity contribution in [2.24, 2.45) is 0 Å². The molecule has 0 saturated carbocycles. The molecule has 10 nitrogen and oxygen atoms in total. The van der Waals surface area contributed by atoms with Crippen molar-refractivity contribution in [3.8, 4) is 0 Å². The third-order valence-electron chi connectivity index (χ3n) is 3.53. The van der Waals surface area contributed by atoms with Gasteiger partial charge in [0, 0.05) is 18.2 Å². The fraction of sp³-hybridized carbons (Fsp3) is 0.250. The fourth-order valence-electron chi connectivity index (χ4n) is 2.03. The summed E-state index contributed by atoms with van der Waals surface area (Å²) in [5.74, 6) is -0.175. The van der Waals surface area contributed by atoms with Gasteiger partial charge in [-0.25, -0.2) is 9.78 Å². The first-order valence-electron chi connectivity index (χ1n) is 7.69. The van der Waals surface area contributed by atoms with Gasteiger partial charge in [0.1, 0.15) is 18.6 Å². The lowest BCUT2D eigenvalue weighted by atomic mass is 10.2. The predicted molar refractivity (Wildman–Crippen MR) is 92.0 cm³/mol. The Bertz CT molecular complexity index is 791. The van der Waals surface area contributed by atoms with Gasteiger partial charge in [-0.3, -0.25) is 20.2 Å². The summed E-state index contributed by atoms with van der Waals surface area (Å²) >= 11 is 0. The van der Waals surface area contributed by atoms with Gasteiger partial charge in [-0.05, 0) is 24.6 Å². The van der Waals surface area contributed by atoms with E-state index in [0.717, 1.165) is 6.20 Å². The minimum Gasteiger partial charge on any atom is -0.460 e. The summed E-state index contributed by atoms with van der Waals surface area (Å²) in [7, 11) is 0. The Morgan fingerprint density at radius 1 is 1.12 bits per heavy atom. The van der Waals surface area contributed by atoms with Crippen LogP contribution in [0.5, 0.6) is 0 Å². The van der Waals surface area contributed by atoms with E-state index in [1.807, 2.05) is 6.92 Å². The number of benzene rings is 1. The second-order valence-corrected chi connectivity index (χ2v) is 5.31. The van der Waals surface area contributed by atoms with Gasteiger partial charge in [0.05, 0.1) is 21.5 Å². The Labute approximate surface area is 148 Å². The van der Waals surface area contributed by atoms with E-state index in [1.165, 1.54) is 36.4 Å². The first-order chi connectivity index (χ1) is 12.4. The van der Waals surface area contributed by atoms with Crippen molar-refractivity contribution in [1.29, 1.82) is 0 Å². The topological polar surface area (TPSA) is 138 Å². The number of carbonyl (C=O) groups is 1. The summed E-state index contributed by atoms with van der Waals surface area (Å²) in [6, 6.07) is 7.66. The Hall–Kier alpha value is -3.56. The molecular weight excluding hydrogens is 344 g/mol. The van der Waals surface area contributed by atoms with E-state index in [-0.39, 0.29) is 29.6 Å². The van der Waals surface area contributed by atoms with Crippen LogP contribution in [0.2, 0.25) is 0 Å². The monoisotopic (exact) mass is 360 g/mol. The smallest absolute Gasteiger partial charge is 0.338 e. The number of anilines is 1. The first kappa shape index (κ1) is 18.8. The number of hydrogen-bond donors (Lipinski definition) is 1. The molecule has 0 aliphatic carbocycles. The second kappa shape index (κ2) is 8.51. The lowest BCUT2D eigenvalue weighted by Crippen LogP contribution is -2.26. The lowest BCUT2D eigenvalue weighted by Gasteiger charge is -2.17. The van der Waals surface area contributed by atoms with E-state index < -0.39 is 15.8 Å². The van der Waals surface area contributed by atoms with E-state index in [0.29, 0.717) is 12.2 Å². The van der Waals surface area contributed by atoms with Crippen LogP contribution in [0.4, 0.5) is 17.2 Å². The molecule has 0 saturated heterocycles. The Kier molecular flexibility index (Phi) is 6.15. The highest BCUT2D eigenvalue weighted by Gasteiger charge is 2.14. The number of nitrogens with one attached hydrogen (secondary N) is 1. The third kappa shape index (κ3) is 4.97. The highest BCUT2D eigenvalue weighted by atomic mass is 16.6. The molecule has 0 spiro atoms. The standard InChI is InChI=1S/C16H16N4O6/c1-2-12(18-15-8-7-14(9-17-15)20(24)25)10-26-16(21)11-3-5-13(6-4-11)19(22)23/h3-9,12H,2,10H2,1H3,(H,17,18). The van der Waals surface area contributed by atoms with Crippen LogP contribution in [0.25, 0.3) is 0 Å². The molecular formula is C16H16N4O6. The van der Waals surface area contributed by atoms with Crippen molar-refractivity contribution >= 4 is 23.2 Å². The van der Waals surface area contributed by atoms with Crippen LogP contribution in [0, 0.1) is 20.2 Å². The predicted octanol–water partition coefficient (Wildman–Crippen LogP) is 2.95. The molecule has 0 aliphatic heterocycles. The number of aromatic nitrogens is 1. The van der Waals surface area contributed by atoms with Crippen molar-refractivity contribution < 1.29 is 19.4 Å². The normalized spacial score (nSPS) is 11.4. The molecule has 0 bridgehead atoms. The van der Waals surface area contributed by atoms with E-state index in [4.69, 9.17) is 4.74 Å². The van der Waals surface area contributed by atoms with Crippen molar-refractivity contribution in [1.82, 2.24) is 4.98 Å². The molecule has 1 unspecified atom stereocenters. The summed E-state index contributed by atoms with van der Waals surface area (Å²) < 4.78 is 5.21. The number of esters is 1. The van der Waals surface area contributed by atoms with Gasteiger partial charge in [-0.1, -0.05) is 6.92 Å². The number of ether oxygens (including phenoxy) is 1. The largest absolute Gasteiger partial charge is 0.460 e. The maximum atomic E-state index is 12.0.